The fourth-order valence-corrected chi connectivity index (χ4v) is 3.76. The number of carbonyl (C=O) groups is 1. The Balaban J connectivity index is 2.02. The molecule has 0 bridgehead atoms. The first-order valence-electron chi connectivity index (χ1n) is 7.12. The van der Waals surface area contributed by atoms with Crippen molar-refractivity contribution in [3.05, 3.63) is 17.5 Å². The van der Waals surface area contributed by atoms with Crippen LogP contribution in [0.3, 0.4) is 0 Å². The number of likely N-dealkylation sites (tertiary alicyclic amines) is 1. The normalized spacial score (nSPS) is 20.0. The highest BCUT2D eigenvalue weighted by Gasteiger charge is 2.33. The minimum Gasteiger partial charge on any atom is -0.444 e. The maximum Gasteiger partial charge on any atom is 0.410 e. The molecule has 1 aliphatic heterocycles. The van der Waals surface area contributed by atoms with Crippen molar-refractivity contribution in [2.45, 2.75) is 50.3 Å². The van der Waals surface area contributed by atoms with Crippen molar-refractivity contribution in [2.24, 2.45) is 0 Å². The smallest absolute Gasteiger partial charge is 0.410 e. The van der Waals surface area contributed by atoms with Gasteiger partial charge in [0.05, 0.1) is 16.6 Å². The number of carbonyl (C=O) groups excluding carboxylic acids is 1. The van der Waals surface area contributed by atoms with Crippen LogP contribution in [0.25, 0.3) is 0 Å². The van der Waals surface area contributed by atoms with E-state index in [1.807, 2.05) is 20.8 Å². The number of rotatable bonds is 3. The molecule has 22 heavy (non-hydrogen) atoms. The molecule has 0 N–H and O–H groups in total. The molecule has 6 nitrogen and oxygen atoms in total. The molecule has 1 aromatic heterocycles. The third-order valence-electron chi connectivity index (χ3n) is 3.19. The number of hydrogen-bond acceptors (Lipinski definition) is 5. The zero-order valence-electron chi connectivity index (χ0n) is 12.9. The van der Waals surface area contributed by atoms with Crippen molar-refractivity contribution in [1.29, 1.82) is 0 Å². The first kappa shape index (κ1) is 17.1. The van der Waals surface area contributed by atoms with Gasteiger partial charge in [0.15, 0.2) is 0 Å². The first-order chi connectivity index (χ1) is 10.3. The van der Waals surface area contributed by atoms with Crippen LogP contribution < -0.4 is 0 Å². The topological polar surface area (TPSA) is 72.4 Å². The molecule has 1 fully saturated rings. The Morgan fingerprint density at radius 1 is 1.50 bits per heavy atom. The molecule has 122 valence electrons. The lowest BCUT2D eigenvalue weighted by Crippen LogP contribution is -2.42. The van der Waals surface area contributed by atoms with Crippen LogP contribution in [0.2, 0.25) is 5.15 Å². The summed E-state index contributed by atoms with van der Waals surface area (Å²) in [6.45, 7) is 6.12. The molecule has 0 spiro atoms. The van der Waals surface area contributed by atoms with Crippen molar-refractivity contribution in [2.75, 3.05) is 12.3 Å². The second-order valence-corrected chi connectivity index (χ2v) is 7.99. The van der Waals surface area contributed by atoms with E-state index in [1.165, 1.54) is 12.4 Å². The molecule has 2 heterocycles. The largest absolute Gasteiger partial charge is 0.444 e. The summed E-state index contributed by atoms with van der Waals surface area (Å²) in [5.41, 5.74) is -0.538. The van der Waals surface area contributed by atoms with Crippen LogP contribution in [-0.4, -0.2) is 49.1 Å². The van der Waals surface area contributed by atoms with Crippen molar-refractivity contribution in [3.63, 3.8) is 0 Å². The summed E-state index contributed by atoms with van der Waals surface area (Å²) < 4.78 is 17.8. The number of nitrogens with zero attached hydrogens (tertiary/aromatic N) is 3. The van der Waals surface area contributed by atoms with Crippen molar-refractivity contribution >= 4 is 28.5 Å². The number of amides is 1. The lowest BCUT2D eigenvalue weighted by atomic mass is 10.2. The van der Waals surface area contributed by atoms with E-state index in [1.54, 1.807) is 4.90 Å². The van der Waals surface area contributed by atoms with Gasteiger partial charge in [0, 0.05) is 18.7 Å². The quantitative estimate of drug-likeness (QED) is 0.787. The van der Waals surface area contributed by atoms with Gasteiger partial charge in [-0.3, -0.25) is 4.21 Å². The highest BCUT2D eigenvalue weighted by atomic mass is 35.5. The molecule has 0 unspecified atom stereocenters. The predicted molar refractivity (Wildman–Crippen MR) is 84.3 cm³/mol. The third kappa shape index (κ3) is 4.64. The Bertz CT molecular complexity index is 577. The molecule has 2 atom stereocenters. The van der Waals surface area contributed by atoms with Crippen molar-refractivity contribution in [1.82, 2.24) is 14.9 Å². The Morgan fingerprint density at radius 3 is 2.86 bits per heavy atom. The number of hydrogen-bond donors (Lipinski definition) is 0. The van der Waals surface area contributed by atoms with E-state index in [2.05, 4.69) is 9.97 Å². The average molecular weight is 346 g/mol. The van der Waals surface area contributed by atoms with Crippen molar-refractivity contribution in [3.8, 4) is 0 Å². The maximum atomic E-state index is 12.4. The predicted octanol–water partition coefficient (Wildman–Crippen LogP) is 2.64. The molecule has 0 aromatic carbocycles. The van der Waals surface area contributed by atoms with Gasteiger partial charge < -0.3 is 9.64 Å². The number of halogens is 1. The van der Waals surface area contributed by atoms with Gasteiger partial charge in [-0.15, -0.1) is 0 Å². The molecule has 1 amide bonds. The average Bonchev–Trinajstić information content (AvgIpc) is 2.85. The number of aromatic nitrogens is 2. The standard InChI is InChI=1S/C14H20ClN3O3S/c1-14(2,3)21-13(19)18-6-4-5-10(18)8-22(20)12-7-11(15)16-9-17-12/h7,9-10H,4-6,8H2,1-3H3/t10-,22-/m1/s1. The summed E-state index contributed by atoms with van der Waals surface area (Å²) in [6.07, 6.45) is 2.62. The molecule has 2 rings (SSSR count). The molecular formula is C14H20ClN3O3S. The van der Waals surface area contributed by atoms with Crippen molar-refractivity contribution < 1.29 is 13.7 Å². The number of ether oxygens (including phenoxy) is 1. The van der Waals surface area contributed by atoms with Crippen LogP contribution in [0.5, 0.6) is 0 Å². The zero-order valence-corrected chi connectivity index (χ0v) is 14.5. The summed E-state index contributed by atoms with van der Waals surface area (Å²) in [6, 6.07) is 1.38. The van der Waals surface area contributed by atoms with Gasteiger partial charge in [-0.25, -0.2) is 14.8 Å². The van der Waals surface area contributed by atoms with Gasteiger partial charge >= 0.3 is 6.09 Å². The van der Waals surface area contributed by atoms with E-state index in [9.17, 15) is 9.00 Å². The van der Waals surface area contributed by atoms with Gasteiger partial charge in [0.1, 0.15) is 22.1 Å². The Labute approximate surface area is 137 Å². The molecule has 0 radical (unpaired) electrons. The van der Waals surface area contributed by atoms with Crippen LogP contribution >= 0.6 is 11.6 Å². The van der Waals surface area contributed by atoms with Gasteiger partial charge in [-0.2, -0.15) is 0 Å². The highest BCUT2D eigenvalue weighted by molar-refractivity contribution is 7.85. The van der Waals surface area contributed by atoms with E-state index in [0.717, 1.165) is 12.8 Å². The SMILES string of the molecule is CC(C)(C)OC(=O)N1CCC[C@@H]1C[S@@](=O)c1cc(Cl)ncn1. The Morgan fingerprint density at radius 2 is 2.23 bits per heavy atom. The second kappa shape index (κ2) is 6.91. The van der Waals surface area contributed by atoms with Crippen LogP contribution in [0.15, 0.2) is 17.4 Å². The fraction of sp³-hybridized carbons (Fsp3) is 0.643. The monoisotopic (exact) mass is 345 g/mol. The summed E-state index contributed by atoms with van der Waals surface area (Å²) in [4.78, 5) is 21.6. The highest BCUT2D eigenvalue weighted by Crippen LogP contribution is 2.22. The minimum atomic E-state index is -1.33. The summed E-state index contributed by atoms with van der Waals surface area (Å²) >= 11 is 5.79. The van der Waals surface area contributed by atoms with E-state index < -0.39 is 16.4 Å². The molecule has 0 aliphatic carbocycles. The van der Waals surface area contributed by atoms with Gasteiger partial charge in [0.25, 0.3) is 0 Å². The van der Waals surface area contributed by atoms with Crippen LogP contribution in [0, 0.1) is 0 Å². The lowest BCUT2D eigenvalue weighted by Gasteiger charge is -2.28. The zero-order chi connectivity index (χ0) is 16.3. The maximum absolute atomic E-state index is 12.4. The minimum absolute atomic E-state index is 0.107. The Kier molecular flexibility index (Phi) is 5.39. The van der Waals surface area contributed by atoms with E-state index in [4.69, 9.17) is 16.3 Å². The summed E-state index contributed by atoms with van der Waals surface area (Å²) in [7, 11) is -1.33. The molecule has 8 heteroatoms. The fourth-order valence-electron chi connectivity index (χ4n) is 2.27. The van der Waals surface area contributed by atoms with Crippen LogP contribution in [0.4, 0.5) is 4.79 Å². The lowest BCUT2D eigenvalue weighted by molar-refractivity contribution is 0.0241. The molecule has 1 saturated heterocycles. The Hall–Kier alpha value is -1.21. The molecular weight excluding hydrogens is 326 g/mol. The van der Waals surface area contributed by atoms with E-state index in [-0.39, 0.29) is 17.3 Å². The molecule has 1 aromatic rings. The third-order valence-corrected chi connectivity index (χ3v) is 4.77. The van der Waals surface area contributed by atoms with Gasteiger partial charge in [0.2, 0.25) is 0 Å². The first-order valence-corrected chi connectivity index (χ1v) is 8.81. The van der Waals surface area contributed by atoms with Crippen LogP contribution in [0.1, 0.15) is 33.6 Å². The summed E-state index contributed by atoms with van der Waals surface area (Å²) in [5.74, 6) is 0.326. The molecule has 1 aliphatic rings. The van der Waals surface area contributed by atoms with Crippen LogP contribution in [-0.2, 0) is 15.5 Å². The second-order valence-electron chi connectivity index (χ2n) is 6.16. The van der Waals surface area contributed by atoms with E-state index in [0.29, 0.717) is 17.3 Å². The van der Waals surface area contributed by atoms with Gasteiger partial charge in [-0.1, -0.05) is 11.6 Å². The summed E-state index contributed by atoms with van der Waals surface area (Å²) in [5, 5.41) is 0.643. The van der Waals surface area contributed by atoms with Gasteiger partial charge in [-0.05, 0) is 33.6 Å². The van der Waals surface area contributed by atoms with E-state index >= 15 is 0 Å². The molecule has 0 saturated carbocycles.